The molecule has 1 atom stereocenters. The molecular formula is C32H33N9O8. The number of nitrogens with one attached hydrogen (secondary N) is 2. The van der Waals surface area contributed by atoms with Crippen molar-refractivity contribution in [2.75, 3.05) is 18.2 Å². The minimum Gasteiger partial charge on any atom is -0.477 e. The fourth-order valence-corrected chi connectivity index (χ4v) is 5.10. The van der Waals surface area contributed by atoms with Crippen molar-refractivity contribution in [1.82, 2.24) is 25.1 Å². The maximum Gasteiger partial charge on any atom is 0.354 e. The number of fused-ring (bicyclic) bond motifs is 2. The van der Waals surface area contributed by atoms with Crippen molar-refractivity contribution >= 4 is 40.8 Å². The molecule has 2 heterocycles. The number of nitrogen functional groups attached to an aromatic ring is 1. The van der Waals surface area contributed by atoms with E-state index in [0.717, 1.165) is 34.6 Å². The van der Waals surface area contributed by atoms with Gasteiger partial charge in [0.2, 0.25) is 0 Å². The number of amides is 2. The number of carbonyl (C=O) groups excluding carboxylic acids is 3. The van der Waals surface area contributed by atoms with E-state index in [-0.39, 0.29) is 60.9 Å². The number of carboxylic acid groups (broad SMARTS) is 1. The molecule has 1 aliphatic carbocycles. The van der Waals surface area contributed by atoms with Gasteiger partial charge in [-0.2, -0.15) is 4.52 Å². The molecule has 17 heteroatoms. The van der Waals surface area contributed by atoms with Crippen LogP contribution in [0.25, 0.3) is 5.65 Å². The van der Waals surface area contributed by atoms with Crippen LogP contribution in [0, 0.1) is 0 Å². The number of anilines is 2. The lowest BCUT2D eigenvalue weighted by Crippen LogP contribution is -2.36. The number of nitrogens with two attached hydrogens (primary N) is 3. The number of esters is 1. The molecule has 49 heavy (non-hydrogen) atoms. The molecule has 2 amide bonds. The lowest BCUT2D eigenvalue weighted by Gasteiger charge is -2.11. The monoisotopic (exact) mass is 671 g/mol. The summed E-state index contributed by atoms with van der Waals surface area (Å²) in [5.41, 5.74) is 18.2. The maximum absolute atomic E-state index is 12.7. The van der Waals surface area contributed by atoms with Crippen molar-refractivity contribution < 1.29 is 29.0 Å². The van der Waals surface area contributed by atoms with Crippen molar-refractivity contribution in [3.8, 4) is 0 Å². The molecule has 17 nitrogen and oxygen atoms in total. The Morgan fingerprint density at radius 1 is 1.04 bits per heavy atom. The Labute approximate surface area is 277 Å². The van der Waals surface area contributed by atoms with Crippen molar-refractivity contribution in [1.29, 1.82) is 0 Å². The number of methoxy groups -OCH3 is 1. The predicted molar refractivity (Wildman–Crippen MR) is 177 cm³/mol. The maximum atomic E-state index is 12.7. The highest BCUT2D eigenvalue weighted by molar-refractivity contribution is 6.00. The van der Waals surface area contributed by atoms with E-state index in [2.05, 4.69) is 30.7 Å². The lowest BCUT2D eigenvalue weighted by atomic mass is 10.1. The third kappa shape index (κ3) is 7.25. The predicted octanol–water partition coefficient (Wildman–Crippen LogP) is 0.697. The average Bonchev–Trinajstić information content (AvgIpc) is 3.69. The molecule has 0 bridgehead atoms. The van der Waals surface area contributed by atoms with E-state index in [1.165, 1.54) is 12.7 Å². The van der Waals surface area contributed by atoms with Gasteiger partial charge in [-0.25, -0.2) is 14.6 Å². The summed E-state index contributed by atoms with van der Waals surface area (Å²) in [5.74, 6) is -3.38. The summed E-state index contributed by atoms with van der Waals surface area (Å²) in [4.78, 5) is 73.6. The Morgan fingerprint density at radius 2 is 1.76 bits per heavy atom. The van der Waals surface area contributed by atoms with Crippen LogP contribution >= 0.6 is 0 Å². The van der Waals surface area contributed by atoms with Crippen molar-refractivity contribution in [3.05, 3.63) is 114 Å². The number of benzene rings is 2. The second-order valence-corrected chi connectivity index (χ2v) is 10.7. The summed E-state index contributed by atoms with van der Waals surface area (Å²) in [6.45, 7) is 0.283. The van der Waals surface area contributed by atoms with E-state index in [1.54, 1.807) is 30.3 Å². The topological polar surface area (TPSA) is 277 Å². The zero-order valence-corrected chi connectivity index (χ0v) is 25.4. The van der Waals surface area contributed by atoms with Crippen molar-refractivity contribution in [2.24, 2.45) is 11.5 Å². The van der Waals surface area contributed by atoms with Gasteiger partial charge in [0.05, 0.1) is 12.7 Å². The third-order valence-electron chi connectivity index (χ3n) is 7.61. The first-order valence-electron chi connectivity index (χ1n) is 14.3. The van der Waals surface area contributed by atoms with Gasteiger partial charge in [0.25, 0.3) is 22.7 Å². The molecule has 0 aliphatic heterocycles. The van der Waals surface area contributed by atoms with Gasteiger partial charge in [0.15, 0.2) is 17.0 Å². The van der Waals surface area contributed by atoms with Gasteiger partial charge in [-0.15, -0.1) is 5.10 Å². The molecule has 1 aliphatic rings. The van der Waals surface area contributed by atoms with Gasteiger partial charge < -0.3 is 37.7 Å². The first-order valence-corrected chi connectivity index (χ1v) is 14.3. The van der Waals surface area contributed by atoms with Crippen LogP contribution in [0.2, 0.25) is 0 Å². The van der Waals surface area contributed by atoms with E-state index < -0.39 is 34.3 Å². The fourth-order valence-electron chi connectivity index (χ4n) is 5.10. The lowest BCUT2D eigenvalue weighted by molar-refractivity contribution is 0.0599. The molecule has 6 rings (SSSR count). The van der Waals surface area contributed by atoms with E-state index in [0.29, 0.717) is 11.1 Å². The highest BCUT2D eigenvalue weighted by Gasteiger charge is 2.23. The third-order valence-corrected chi connectivity index (χ3v) is 7.61. The largest absolute Gasteiger partial charge is 0.477 e. The minimum atomic E-state index is -1.41. The van der Waals surface area contributed by atoms with Crippen LogP contribution < -0.4 is 38.7 Å². The van der Waals surface area contributed by atoms with E-state index >= 15 is 0 Å². The normalized spacial score (nSPS) is 13.1. The average molecular weight is 672 g/mol. The van der Waals surface area contributed by atoms with Crippen LogP contribution in [0.1, 0.15) is 84.0 Å². The van der Waals surface area contributed by atoms with Crippen LogP contribution in [0.15, 0.2) is 58.1 Å². The molecule has 9 N–H and O–H groups in total. The molecule has 0 unspecified atom stereocenters. The Kier molecular flexibility index (Phi) is 10.5. The number of hydrogen-bond acceptors (Lipinski definition) is 13. The first kappa shape index (κ1) is 35.4. The second kappa shape index (κ2) is 14.5. The SMILES string of the molecule is C.COC(=O)c1ccc2c(c1)CC[C@@H]2N.NC(=O)c1nnn2c(C(=O)O)cc(C(=O)NCc3cccc(CNc4c(N)c(=O)c4=O)c3)nc12. The number of carboxylic acids is 1. The van der Waals surface area contributed by atoms with Crippen LogP contribution in [-0.2, 0) is 24.2 Å². The number of aryl methyl sites for hydroxylation is 1. The van der Waals surface area contributed by atoms with E-state index in [9.17, 15) is 33.9 Å². The van der Waals surface area contributed by atoms with Crippen molar-refractivity contribution in [2.45, 2.75) is 39.4 Å². The summed E-state index contributed by atoms with van der Waals surface area (Å²) in [6.07, 6.45) is 1.93. The van der Waals surface area contributed by atoms with Gasteiger partial charge >= 0.3 is 11.9 Å². The summed E-state index contributed by atoms with van der Waals surface area (Å²) >= 11 is 0. The number of rotatable bonds is 9. The Bertz CT molecular complexity index is 2170. The number of aromatic carboxylic acids is 1. The molecule has 0 fully saturated rings. The van der Waals surface area contributed by atoms with E-state index in [4.69, 9.17) is 17.2 Å². The molecular weight excluding hydrogens is 638 g/mol. The molecule has 0 saturated carbocycles. The van der Waals surface area contributed by atoms with Gasteiger partial charge in [-0.05, 0) is 47.2 Å². The number of nitrogens with zero attached hydrogens (tertiary/aromatic N) is 4. The van der Waals surface area contributed by atoms with Crippen molar-refractivity contribution in [3.63, 3.8) is 0 Å². The standard InChI is InChI=1S/C20H16N8O6.C11H13NO2.CH4/c21-12-13(16(30)15(12)29)23-6-8-2-1-3-9(4-8)7-24-19(32)10-5-11(20(33)34)28-18(25-10)14(17(22)31)26-27-28;1-14-11(13)8-2-4-9-7(6-8)3-5-10(9)12;/h1-5,23H,6-7,21H2,(H2,22,31)(H,24,32)(H,33,34);2,4,6,10H,3,5,12H2,1H3;1H4/t;10-;/m.0./s1. The van der Waals surface area contributed by atoms with Gasteiger partial charge in [0.1, 0.15) is 17.1 Å². The van der Waals surface area contributed by atoms with Crippen LogP contribution in [-0.4, -0.2) is 55.8 Å². The highest BCUT2D eigenvalue weighted by atomic mass is 16.5. The molecule has 2 aromatic heterocycles. The summed E-state index contributed by atoms with van der Waals surface area (Å²) in [7, 11) is 1.39. The number of aromatic nitrogens is 4. The Hall–Kier alpha value is -6.49. The summed E-state index contributed by atoms with van der Waals surface area (Å²) in [6, 6.07) is 13.7. The number of carbonyl (C=O) groups is 4. The molecule has 254 valence electrons. The molecule has 0 spiro atoms. The number of primary amides is 1. The fraction of sp³-hybridized carbons (Fsp3) is 0.219. The highest BCUT2D eigenvalue weighted by Crippen LogP contribution is 2.29. The first-order chi connectivity index (χ1) is 22.9. The van der Waals surface area contributed by atoms with Gasteiger partial charge in [0, 0.05) is 25.2 Å². The smallest absolute Gasteiger partial charge is 0.354 e. The zero-order valence-electron chi connectivity index (χ0n) is 25.4. The van der Waals surface area contributed by atoms with Crippen LogP contribution in [0.5, 0.6) is 0 Å². The quantitative estimate of drug-likeness (QED) is 0.0929. The number of ether oxygens (including phenoxy) is 1. The summed E-state index contributed by atoms with van der Waals surface area (Å²) in [5, 5.41) is 21.9. The minimum absolute atomic E-state index is 0. The second-order valence-electron chi connectivity index (χ2n) is 10.7. The van der Waals surface area contributed by atoms with Crippen LogP contribution in [0.4, 0.5) is 11.4 Å². The van der Waals surface area contributed by atoms with E-state index in [1.807, 2.05) is 12.1 Å². The van der Waals surface area contributed by atoms with Gasteiger partial charge in [-0.3, -0.25) is 19.2 Å². The Morgan fingerprint density at radius 3 is 2.41 bits per heavy atom. The zero-order chi connectivity index (χ0) is 34.7. The molecule has 0 saturated heterocycles. The van der Waals surface area contributed by atoms with Crippen LogP contribution in [0.3, 0.4) is 0 Å². The Balaban J connectivity index is 0.000000301. The number of hydrogen-bond donors (Lipinski definition) is 6. The molecule has 0 radical (unpaired) electrons. The molecule has 5 aromatic rings. The molecule has 3 aromatic carbocycles. The summed E-state index contributed by atoms with van der Waals surface area (Å²) < 4.78 is 5.46. The van der Waals surface area contributed by atoms with Gasteiger partial charge in [-0.1, -0.05) is 43.0 Å².